The molecule has 30 heavy (non-hydrogen) atoms. The monoisotopic (exact) mass is 422 g/mol. The van der Waals surface area contributed by atoms with Crippen molar-refractivity contribution in [2.45, 2.75) is 96.9 Å². The lowest BCUT2D eigenvalue weighted by Gasteiger charge is -2.63. The van der Waals surface area contributed by atoms with Crippen LogP contribution in [0.5, 0.6) is 0 Å². The molecule has 5 heteroatoms. The molecule has 4 aliphatic carbocycles. The Morgan fingerprint density at radius 1 is 1.07 bits per heavy atom. The van der Waals surface area contributed by atoms with Gasteiger partial charge in [0.05, 0.1) is 25.4 Å². The van der Waals surface area contributed by atoms with Crippen molar-refractivity contribution < 1.29 is 24.9 Å². The van der Waals surface area contributed by atoms with Gasteiger partial charge in [-0.2, -0.15) is 0 Å². The molecule has 0 saturated heterocycles. The Kier molecular flexibility index (Phi) is 6.04. The number of carbonyl (C=O) groups is 1. The fourth-order valence-corrected chi connectivity index (χ4v) is 8.78. The van der Waals surface area contributed by atoms with E-state index in [-0.39, 0.29) is 41.0 Å². The second kappa shape index (κ2) is 8.04. The standard InChI is InChI=1S/C25H42O5/c1-14(5-8-22(29)30-4)17-6-7-18-23-19(13-21(28)25(17,18)3)24(2)10-9-16(26)11-15(24)12-20(23)27/h14-21,23,26-28H,5-13H2,1-4H3/t14-,15-,16-,17-,18+,19+,20+,21-,23+,24+,25-/m1/s1. The Bertz CT molecular complexity index is 651. The summed E-state index contributed by atoms with van der Waals surface area (Å²) in [5.74, 6) is 1.81. The van der Waals surface area contributed by atoms with Crippen molar-refractivity contribution in [1.82, 2.24) is 0 Å². The quantitative estimate of drug-likeness (QED) is 0.603. The number of fused-ring (bicyclic) bond motifs is 5. The highest BCUT2D eigenvalue weighted by atomic mass is 16.5. The third-order valence-electron chi connectivity index (χ3n) is 10.6. The van der Waals surface area contributed by atoms with E-state index in [0.29, 0.717) is 36.0 Å². The molecule has 4 aliphatic rings. The van der Waals surface area contributed by atoms with Crippen molar-refractivity contribution in [3.63, 3.8) is 0 Å². The molecule has 0 radical (unpaired) electrons. The zero-order chi connectivity index (χ0) is 21.8. The number of ether oxygens (including phenoxy) is 1. The normalized spacial score (nSPS) is 51.4. The van der Waals surface area contributed by atoms with Gasteiger partial charge in [0, 0.05) is 6.42 Å². The molecular formula is C25H42O5. The highest BCUT2D eigenvalue weighted by Crippen LogP contribution is 2.68. The minimum absolute atomic E-state index is 0.111. The fourth-order valence-electron chi connectivity index (χ4n) is 8.78. The summed E-state index contributed by atoms with van der Waals surface area (Å²) in [5, 5.41) is 33.1. The molecule has 0 aromatic heterocycles. The molecule has 4 saturated carbocycles. The van der Waals surface area contributed by atoms with Crippen molar-refractivity contribution in [1.29, 1.82) is 0 Å². The van der Waals surface area contributed by atoms with Gasteiger partial charge in [-0.15, -0.1) is 0 Å². The summed E-state index contributed by atoms with van der Waals surface area (Å²) in [5.41, 5.74) is -0.0882. The molecule has 0 spiro atoms. The van der Waals surface area contributed by atoms with Crippen LogP contribution in [-0.2, 0) is 9.53 Å². The van der Waals surface area contributed by atoms with Crippen LogP contribution in [0.3, 0.4) is 0 Å². The Morgan fingerprint density at radius 3 is 2.50 bits per heavy atom. The van der Waals surface area contributed by atoms with E-state index in [4.69, 9.17) is 4.74 Å². The predicted octanol–water partition coefficient (Wildman–Crippen LogP) is 3.54. The lowest BCUT2D eigenvalue weighted by Crippen LogP contribution is -2.62. The second-order valence-electron chi connectivity index (χ2n) is 11.6. The van der Waals surface area contributed by atoms with E-state index in [1.54, 1.807) is 0 Å². The maximum absolute atomic E-state index is 11.7. The average molecular weight is 423 g/mol. The lowest BCUT2D eigenvalue weighted by atomic mass is 9.43. The Hall–Kier alpha value is -0.650. The Morgan fingerprint density at radius 2 is 1.80 bits per heavy atom. The molecule has 3 N–H and O–H groups in total. The van der Waals surface area contributed by atoms with Crippen LogP contribution in [0.25, 0.3) is 0 Å². The SMILES string of the molecule is COC(=O)CC[C@@H](C)[C@H]1CC[C@H]2[C@@H]3[C@@H](O)C[C@H]4C[C@H](O)CC[C@]4(C)[C@H]3C[C@@H](O)[C@]12C. The van der Waals surface area contributed by atoms with Crippen molar-refractivity contribution in [2.24, 2.45) is 46.3 Å². The average Bonchev–Trinajstić information content (AvgIpc) is 3.06. The number of rotatable bonds is 4. The van der Waals surface area contributed by atoms with Crippen LogP contribution in [0, 0.1) is 46.3 Å². The van der Waals surface area contributed by atoms with Crippen molar-refractivity contribution in [3.05, 3.63) is 0 Å². The van der Waals surface area contributed by atoms with Gasteiger partial charge >= 0.3 is 5.97 Å². The molecule has 172 valence electrons. The molecule has 0 aliphatic heterocycles. The first-order chi connectivity index (χ1) is 14.1. The molecule has 0 aromatic rings. The van der Waals surface area contributed by atoms with E-state index < -0.39 is 0 Å². The van der Waals surface area contributed by atoms with Crippen molar-refractivity contribution in [2.75, 3.05) is 7.11 Å². The molecule has 11 atom stereocenters. The molecule has 5 nitrogen and oxygen atoms in total. The van der Waals surface area contributed by atoms with Gasteiger partial charge < -0.3 is 20.1 Å². The highest BCUT2D eigenvalue weighted by molar-refractivity contribution is 5.69. The third kappa shape index (κ3) is 3.34. The van der Waals surface area contributed by atoms with Gasteiger partial charge in [0.15, 0.2) is 0 Å². The van der Waals surface area contributed by atoms with E-state index in [2.05, 4.69) is 20.8 Å². The summed E-state index contributed by atoms with van der Waals surface area (Å²) < 4.78 is 4.83. The minimum atomic E-state index is -0.369. The molecule has 4 rings (SSSR count). The smallest absolute Gasteiger partial charge is 0.305 e. The summed E-state index contributed by atoms with van der Waals surface area (Å²) in [6.07, 6.45) is 6.60. The van der Waals surface area contributed by atoms with Crippen LogP contribution in [0.2, 0.25) is 0 Å². The summed E-state index contributed by atoms with van der Waals surface area (Å²) in [7, 11) is 1.44. The number of esters is 1. The van der Waals surface area contributed by atoms with Crippen LogP contribution >= 0.6 is 0 Å². The summed E-state index contributed by atoms with van der Waals surface area (Å²) >= 11 is 0. The van der Waals surface area contributed by atoms with Gasteiger partial charge in [-0.05, 0) is 97.7 Å². The first-order valence-electron chi connectivity index (χ1n) is 12.2. The second-order valence-corrected chi connectivity index (χ2v) is 11.6. The first-order valence-corrected chi connectivity index (χ1v) is 12.2. The van der Waals surface area contributed by atoms with Gasteiger partial charge in [-0.25, -0.2) is 0 Å². The Labute approximate surface area is 181 Å². The molecule has 0 aromatic carbocycles. The molecule has 0 bridgehead atoms. The Balaban J connectivity index is 1.58. The number of hydrogen-bond acceptors (Lipinski definition) is 5. The van der Waals surface area contributed by atoms with E-state index in [0.717, 1.165) is 51.4 Å². The topological polar surface area (TPSA) is 87.0 Å². The number of hydrogen-bond donors (Lipinski definition) is 3. The first kappa shape index (κ1) is 22.5. The van der Waals surface area contributed by atoms with Crippen LogP contribution < -0.4 is 0 Å². The largest absolute Gasteiger partial charge is 0.469 e. The summed E-state index contributed by atoms with van der Waals surface area (Å²) in [6, 6.07) is 0. The van der Waals surface area contributed by atoms with Gasteiger partial charge in [0.1, 0.15) is 0 Å². The predicted molar refractivity (Wildman–Crippen MR) is 114 cm³/mol. The molecule has 0 unspecified atom stereocenters. The maximum atomic E-state index is 11.7. The fraction of sp³-hybridized carbons (Fsp3) is 0.960. The maximum Gasteiger partial charge on any atom is 0.305 e. The molecular weight excluding hydrogens is 380 g/mol. The number of aliphatic hydroxyl groups is 3. The summed E-state index contributed by atoms with van der Waals surface area (Å²) in [4.78, 5) is 11.7. The number of aliphatic hydroxyl groups excluding tert-OH is 3. The van der Waals surface area contributed by atoms with Crippen LogP contribution in [-0.4, -0.2) is 46.7 Å². The van der Waals surface area contributed by atoms with E-state index in [1.165, 1.54) is 7.11 Å². The van der Waals surface area contributed by atoms with E-state index in [9.17, 15) is 20.1 Å². The van der Waals surface area contributed by atoms with Crippen LogP contribution in [0.4, 0.5) is 0 Å². The zero-order valence-electron chi connectivity index (χ0n) is 19.2. The minimum Gasteiger partial charge on any atom is -0.469 e. The van der Waals surface area contributed by atoms with Crippen LogP contribution in [0.15, 0.2) is 0 Å². The van der Waals surface area contributed by atoms with Crippen molar-refractivity contribution in [3.8, 4) is 0 Å². The number of methoxy groups -OCH3 is 1. The van der Waals surface area contributed by atoms with Gasteiger partial charge in [-0.3, -0.25) is 4.79 Å². The van der Waals surface area contributed by atoms with Gasteiger partial charge in [0.2, 0.25) is 0 Å². The van der Waals surface area contributed by atoms with Gasteiger partial charge in [-0.1, -0.05) is 20.8 Å². The molecule has 0 amide bonds. The van der Waals surface area contributed by atoms with Crippen LogP contribution in [0.1, 0.15) is 78.6 Å². The molecule has 4 fully saturated rings. The highest BCUT2D eigenvalue weighted by Gasteiger charge is 2.65. The van der Waals surface area contributed by atoms with Crippen molar-refractivity contribution >= 4 is 5.97 Å². The van der Waals surface area contributed by atoms with Gasteiger partial charge in [0.25, 0.3) is 0 Å². The summed E-state index contributed by atoms with van der Waals surface area (Å²) in [6.45, 7) is 6.85. The van der Waals surface area contributed by atoms with E-state index in [1.807, 2.05) is 0 Å². The zero-order valence-corrected chi connectivity index (χ0v) is 19.2. The number of carbonyl (C=O) groups excluding carboxylic acids is 1. The lowest BCUT2D eigenvalue weighted by molar-refractivity contribution is -0.207. The third-order valence-corrected chi connectivity index (χ3v) is 10.6. The van der Waals surface area contributed by atoms with E-state index >= 15 is 0 Å². The molecule has 0 heterocycles.